The Hall–Kier alpha value is -1.74. The van der Waals surface area contributed by atoms with E-state index < -0.39 is 0 Å². The van der Waals surface area contributed by atoms with Gasteiger partial charge < -0.3 is 20.9 Å². The van der Waals surface area contributed by atoms with Crippen molar-refractivity contribution >= 4 is 58.7 Å². The van der Waals surface area contributed by atoms with E-state index in [0.717, 1.165) is 9.79 Å². The summed E-state index contributed by atoms with van der Waals surface area (Å²) in [5.74, 6) is 1.34. The summed E-state index contributed by atoms with van der Waals surface area (Å²) in [4.78, 5) is 1.76. The molecule has 0 atom stereocenters. The van der Waals surface area contributed by atoms with Crippen molar-refractivity contribution in [1.29, 1.82) is 10.8 Å². The van der Waals surface area contributed by atoms with E-state index in [-0.39, 0.29) is 49.4 Å². The Morgan fingerprint density at radius 1 is 0.731 bits per heavy atom. The lowest BCUT2D eigenvalue weighted by molar-refractivity contribution is 0.120. The van der Waals surface area contributed by atoms with Gasteiger partial charge in [0, 0.05) is 9.79 Å². The molecule has 0 amide bonds. The second-order valence-electron chi connectivity index (χ2n) is 4.28. The van der Waals surface area contributed by atoms with Crippen molar-refractivity contribution in [3.8, 4) is 11.5 Å². The number of nitrogens with one attached hydrogen (secondary N) is 2. The molecule has 0 spiro atoms. The number of amidine groups is 2. The number of hydrogen-bond donors (Lipinski definition) is 4. The predicted octanol–water partition coefficient (Wildman–Crippen LogP) is 4.55. The van der Waals surface area contributed by atoms with Crippen molar-refractivity contribution < 1.29 is 9.47 Å². The summed E-state index contributed by atoms with van der Waals surface area (Å²) in [6.45, 7) is 0.0817. The van der Waals surface area contributed by atoms with Crippen LogP contribution in [0.15, 0.2) is 58.3 Å². The molecule has 0 aliphatic heterocycles. The monoisotopic (exact) mass is 436 g/mol. The smallest absolute Gasteiger partial charge is 0.230 e. The average Bonchev–Trinajstić information content (AvgIpc) is 2.50. The highest BCUT2D eigenvalue weighted by Gasteiger charge is 2.00. The van der Waals surface area contributed by atoms with Gasteiger partial charge in [-0.15, -0.1) is 24.8 Å². The van der Waals surface area contributed by atoms with Crippen molar-refractivity contribution in [2.45, 2.75) is 17.2 Å². The van der Waals surface area contributed by atoms with Crippen LogP contribution < -0.4 is 20.9 Å². The zero-order valence-corrected chi connectivity index (χ0v) is 16.2. The molecule has 0 bridgehead atoms. The van der Waals surface area contributed by atoms with Crippen molar-refractivity contribution in [3.05, 3.63) is 48.5 Å². The zero-order valence-electron chi connectivity index (χ0n) is 12.9. The first-order valence-corrected chi connectivity index (χ1v) is 8.16. The van der Waals surface area contributed by atoms with E-state index >= 15 is 0 Å². The fourth-order valence-electron chi connectivity index (χ4n) is 1.63. The van der Waals surface area contributed by atoms with Gasteiger partial charge in [-0.05, 0) is 48.5 Å². The number of ether oxygens (including phenoxy) is 2. The summed E-state index contributed by atoms with van der Waals surface area (Å²) in [7, 11) is 0. The molecule has 0 fully saturated rings. The highest BCUT2D eigenvalue weighted by atomic mass is 35.5. The summed E-state index contributed by atoms with van der Waals surface area (Å²) >= 11 is 2.36. The predicted molar refractivity (Wildman–Crippen MR) is 116 cm³/mol. The standard InChI is InChI=1S/C15H16N4O2S2.CH4.2ClH/c16-14(17)22-12-5-1-10(2-6-12)20-9-21-11-3-7-13(8-4-11)23-15(18)19;;;/h1-8H,9H2,(H3,16,17)(H3,18,19);1H4;2*1H. The first kappa shape index (κ1) is 26.5. The van der Waals surface area contributed by atoms with Crippen LogP contribution in [0.4, 0.5) is 0 Å². The molecular formula is C16H22Cl2N4O2S2. The summed E-state index contributed by atoms with van der Waals surface area (Å²) in [6, 6.07) is 14.5. The molecule has 0 radical (unpaired) electrons. The van der Waals surface area contributed by atoms with E-state index in [4.69, 9.17) is 31.8 Å². The van der Waals surface area contributed by atoms with Gasteiger partial charge >= 0.3 is 0 Å². The molecule has 0 aliphatic rings. The average molecular weight is 437 g/mol. The minimum absolute atomic E-state index is 0. The van der Waals surface area contributed by atoms with Crippen LogP contribution >= 0.6 is 48.3 Å². The van der Waals surface area contributed by atoms with Gasteiger partial charge in [0.2, 0.25) is 6.79 Å². The number of nitrogens with two attached hydrogens (primary N) is 2. The highest BCUT2D eigenvalue weighted by molar-refractivity contribution is 8.14. The van der Waals surface area contributed by atoms with E-state index in [1.54, 1.807) is 24.3 Å². The maximum Gasteiger partial charge on any atom is 0.230 e. The van der Waals surface area contributed by atoms with Crippen molar-refractivity contribution in [3.63, 3.8) is 0 Å². The number of benzene rings is 2. The molecule has 6 N–H and O–H groups in total. The lowest BCUT2D eigenvalue weighted by Crippen LogP contribution is -2.06. The van der Waals surface area contributed by atoms with Crippen molar-refractivity contribution in [1.82, 2.24) is 0 Å². The van der Waals surface area contributed by atoms with Gasteiger partial charge in [-0.2, -0.15) is 0 Å². The molecule has 0 aromatic heterocycles. The van der Waals surface area contributed by atoms with Crippen molar-refractivity contribution in [2.75, 3.05) is 6.79 Å². The van der Waals surface area contributed by atoms with Crippen LogP contribution in [-0.4, -0.2) is 17.1 Å². The van der Waals surface area contributed by atoms with Gasteiger partial charge in [0.25, 0.3) is 0 Å². The van der Waals surface area contributed by atoms with Crippen LogP contribution in [0.3, 0.4) is 0 Å². The first-order valence-electron chi connectivity index (χ1n) is 6.52. The fraction of sp³-hybridized carbons (Fsp3) is 0.125. The summed E-state index contributed by atoms with van der Waals surface area (Å²) < 4.78 is 11.0. The topological polar surface area (TPSA) is 118 Å². The minimum Gasteiger partial charge on any atom is -0.458 e. The minimum atomic E-state index is 0. The third-order valence-corrected chi connectivity index (χ3v) is 4.01. The Balaban J connectivity index is 0. The van der Waals surface area contributed by atoms with Crippen LogP contribution in [0.2, 0.25) is 0 Å². The molecule has 10 heteroatoms. The normalized spacial score (nSPS) is 8.92. The van der Waals surface area contributed by atoms with Crippen LogP contribution in [0, 0.1) is 10.8 Å². The third-order valence-electron chi connectivity index (χ3n) is 2.55. The molecule has 2 rings (SSSR count). The largest absolute Gasteiger partial charge is 0.458 e. The van der Waals surface area contributed by atoms with E-state index in [9.17, 15) is 0 Å². The first-order chi connectivity index (χ1) is 11.0. The molecule has 0 saturated carbocycles. The second kappa shape index (κ2) is 13.5. The summed E-state index contributed by atoms with van der Waals surface area (Å²) in [5.41, 5.74) is 10.6. The molecule has 144 valence electrons. The Bertz CT molecular complexity index is 626. The SMILES string of the molecule is C.Cl.Cl.N=C(N)Sc1ccc(OCOc2ccc(SC(=N)N)cc2)cc1. The van der Waals surface area contributed by atoms with Gasteiger partial charge in [-0.3, -0.25) is 10.8 Å². The number of rotatable bonds is 6. The molecule has 0 heterocycles. The van der Waals surface area contributed by atoms with Gasteiger partial charge in [-0.25, -0.2) is 0 Å². The van der Waals surface area contributed by atoms with Crippen LogP contribution in [0.1, 0.15) is 7.43 Å². The van der Waals surface area contributed by atoms with E-state index in [1.165, 1.54) is 23.5 Å². The lowest BCUT2D eigenvalue weighted by Gasteiger charge is -2.09. The van der Waals surface area contributed by atoms with E-state index in [1.807, 2.05) is 24.3 Å². The molecule has 2 aromatic rings. The number of thioether (sulfide) groups is 2. The Morgan fingerprint density at radius 3 is 1.31 bits per heavy atom. The molecule has 0 saturated heterocycles. The zero-order chi connectivity index (χ0) is 16.7. The van der Waals surface area contributed by atoms with Crippen LogP contribution in [0.25, 0.3) is 0 Å². The molecule has 6 nitrogen and oxygen atoms in total. The number of hydrogen-bond acceptors (Lipinski definition) is 6. The maximum absolute atomic E-state index is 7.21. The fourth-order valence-corrected chi connectivity index (χ4v) is 2.68. The second-order valence-corrected chi connectivity index (χ2v) is 6.51. The van der Waals surface area contributed by atoms with E-state index in [2.05, 4.69) is 0 Å². The molecule has 0 unspecified atom stereocenters. The van der Waals surface area contributed by atoms with Gasteiger partial charge in [-0.1, -0.05) is 31.0 Å². The molecular weight excluding hydrogens is 415 g/mol. The molecule has 26 heavy (non-hydrogen) atoms. The maximum atomic E-state index is 7.21. The quantitative estimate of drug-likeness (QED) is 0.228. The summed E-state index contributed by atoms with van der Waals surface area (Å²) in [6.07, 6.45) is 0. The summed E-state index contributed by atoms with van der Waals surface area (Å²) in [5, 5.41) is 14.5. The van der Waals surface area contributed by atoms with Gasteiger partial charge in [0.05, 0.1) is 0 Å². The van der Waals surface area contributed by atoms with E-state index in [0.29, 0.717) is 11.5 Å². The highest BCUT2D eigenvalue weighted by Crippen LogP contribution is 2.22. The van der Waals surface area contributed by atoms with Crippen LogP contribution in [0.5, 0.6) is 11.5 Å². The van der Waals surface area contributed by atoms with Gasteiger partial charge in [0.15, 0.2) is 10.3 Å². The molecule has 2 aromatic carbocycles. The molecule has 0 aliphatic carbocycles. The Kier molecular flexibility index (Phi) is 13.7. The lowest BCUT2D eigenvalue weighted by atomic mass is 10.3. The van der Waals surface area contributed by atoms with Gasteiger partial charge in [0.1, 0.15) is 11.5 Å². The van der Waals surface area contributed by atoms with Crippen molar-refractivity contribution in [2.24, 2.45) is 11.5 Å². The third kappa shape index (κ3) is 9.67. The Labute approximate surface area is 174 Å². The number of halogens is 2. The van der Waals surface area contributed by atoms with Crippen LogP contribution in [-0.2, 0) is 0 Å². The Morgan fingerprint density at radius 2 is 1.04 bits per heavy atom.